The van der Waals surface area contributed by atoms with Gasteiger partial charge in [0.25, 0.3) is 5.56 Å². The van der Waals surface area contributed by atoms with E-state index in [4.69, 9.17) is 9.47 Å². The number of hydrogen-bond donors (Lipinski definition) is 2. The molecule has 1 saturated heterocycles. The summed E-state index contributed by atoms with van der Waals surface area (Å²) in [5, 5.41) is 9.13. The molecule has 0 saturated carbocycles. The highest BCUT2D eigenvalue weighted by molar-refractivity contribution is 5.94. The normalized spacial score (nSPS) is 16.8. The Morgan fingerprint density at radius 3 is 2.88 bits per heavy atom. The zero-order valence-corrected chi connectivity index (χ0v) is 14.8. The fraction of sp³-hybridized carbons (Fsp3) is 0.389. The van der Waals surface area contributed by atoms with Crippen molar-refractivity contribution in [2.75, 3.05) is 37.5 Å². The molecule has 1 fully saturated rings. The Morgan fingerprint density at radius 2 is 2.15 bits per heavy atom. The van der Waals surface area contributed by atoms with E-state index in [9.17, 15) is 9.59 Å². The van der Waals surface area contributed by atoms with Crippen LogP contribution in [0.4, 0.5) is 11.4 Å². The third-order valence-electron chi connectivity index (χ3n) is 4.47. The maximum absolute atomic E-state index is 12.7. The molecule has 1 atom stereocenters. The summed E-state index contributed by atoms with van der Waals surface area (Å²) in [6, 6.07) is 6.76. The van der Waals surface area contributed by atoms with Crippen LogP contribution in [-0.4, -0.2) is 43.4 Å². The minimum absolute atomic E-state index is 0.0732. The van der Waals surface area contributed by atoms with Gasteiger partial charge in [-0.15, -0.1) is 0 Å². The summed E-state index contributed by atoms with van der Waals surface area (Å²) in [7, 11) is 3.12. The van der Waals surface area contributed by atoms with E-state index in [2.05, 4.69) is 15.5 Å². The molecule has 2 aromatic rings. The molecule has 0 radical (unpaired) electrons. The van der Waals surface area contributed by atoms with Crippen LogP contribution in [0.15, 0.2) is 35.3 Å². The van der Waals surface area contributed by atoms with Gasteiger partial charge in [0.05, 0.1) is 37.7 Å². The van der Waals surface area contributed by atoms with Crippen molar-refractivity contribution < 1.29 is 14.3 Å². The van der Waals surface area contributed by atoms with Gasteiger partial charge in [-0.2, -0.15) is 5.10 Å². The number of benzene rings is 1. The first-order valence-electron chi connectivity index (χ1n) is 8.43. The van der Waals surface area contributed by atoms with Gasteiger partial charge in [-0.05, 0) is 25.0 Å². The van der Waals surface area contributed by atoms with E-state index in [-0.39, 0.29) is 17.4 Å². The minimum Gasteiger partial charge on any atom is -0.497 e. The van der Waals surface area contributed by atoms with Gasteiger partial charge in [0.15, 0.2) is 0 Å². The van der Waals surface area contributed by atoms with Gasteiger partial charge in [-0.25, -0.2) is 5.10 Å². The zero-order chi connectivity index (χ0) is 18.5. The first kappa shape index (κ1) is 17.8. The summed E-state index contributed by atoms with van der Waals surface area (Å²) in [5.74, 6) is 0.945. The molecule has 0 unspecified atom stereocenters. The molecule has 8 heteroatoms. The van der Waals surface area contributed by atoms with E-state index in [1.165, 1.54) is 6.07 Å². The minimum atomic E-state index is -0.253. The van der Waals surface area contributed by atoms with Gasteiger partial charge in [0, 0.05) is 25.2 Å². The smallest absolute Gasteiger partial charge is 0.266 e. The number of piperidine rings is 1. The average molecular weight is 358 g/mol. The van der Waals surface area contributed by atoms with E-state index >= 15 is 0 Å². The molecule has 1 aromatic heterocycles. The molecular formula is C18H22N4O4. The predicted molar refractivity (Wildman–Crippen MR) is 98.0 cm³/mol. The van der Waals surface area contributed by atoms with Gasteiger partial charge in [-0.1, -0.05) is 0 Å². The van der Waals surface area contributed by atoms with E-state index < -0.39 is 0 Å². The number of nitrogens with zero attached hydrogens (tertiary/aromatic N) is 2. The van der Waals surface area contributed by atoms with Crippen LogP contribution in [0.2, 0.25) is 0 Å². The highest BCUT2D eigenvalue weighted by Crippen LogP contribution is 2.30. The molecular weight excluding hydrogens is 336 g/mol. The van der Waals surface area contributed by atoms with Crippen LogP contribution in [-0.2, 0) is 4.79 Å². The number of carbonyl (C=O) groups is 1. The molecule has 1 amide bonds. The van der Waals surface area contributed by atoms with Crippen LogP contribution >= 0.6 is 0 Å². The first-order chi connectivity index (χ1) is 12.6. The molecule has 138 valence electrons. The Hall–Kier alpha value is -3.03. The van der Waals surface area contributed by atoms with Crippen LogP contribution in [0, 0.1) is 5.92 Å². The lowest BCUT2D eigenvalue weighted by molar-refractivity contribution is -0.120. The second kappa shape index (κ2) is 7.90. The Balaban J connectivity index is 1.71. The number of ether oxygens (including phenoxy) is 2. The second-order valence-corrected chi connectivity index (χ2v) is 6.14. The Bertz CT molecular complexity index is 836. The zero-order valence-electron chi connectivity index (χ0n) is 14.8. The summed E-state index contributed by atoms with van der Waals surface area (Å²) in [6.07, 6.45) is 3.26. The maximum atomic E-state index is 12.7. The second-order valence-electron chi connectivity index (χ2n) is 6.14. The number of anilines is 2. The highest BCUT2D eigenvalue weighted by Gasteiger charge is 2.27. The van der Waals surface area contributed by atoms with Crippen LogP contribution in [0.1, 0.15) is 12.8 Å². The number of hydrogen-bond acceptors (Lipinski definition) is 6. The van der Waals surface area contributed by atoms with Gasteiger partial charge in [-0.3, -0.25) is 9.59 Å². The lowest BCUT2D eigenvalue weighted by atomic mass is 9.96. The van der Waals surface area contributed by atoms with Gasteiger partial charge in [0.1, 0.15) is 11.5 Å². The van der Waals surface area contributed by atoms with E-state index in [0.29, 0.717) is 23.7 Å². The molecule has 2 N–H and O–H groups in total. The standard InChI is InChI=1S/C18H22N4O4/c1-25-14-5-6-15(16(9-14)26-2)20-18(24)12-4-3-7-22(11-12)13-8-17(23)21-19-10-13/h5-6,8-10,12H,3-4,7,11H2,1-2H3,(H,20,24)(H,21,23)/t12-/m0/s1. The third kappa shape index (κ3) is 3.96. The van der Waals surface area contributed by atoms with Crippen molar-refractivity contribution in [2.45, 2.75) is 12.8 Å². The highest BCUT2D eigenvalue weighted by atomic mass is 16.5. The molecule has 1 aromatic carbocycles. The number of nitrogens with one attached hydrogen (secondary N) is 2. The molecule has 0 aliphatic carbocycles. The number of aromatic amines is 1. The SMILES string of the molecule is COc1ccc(NC(=O)[C@H]2CCCN(c3cn[nH]c(=O)c3)C2)c(OC)c1. The molecule has 26 heavy (non-hydrogen) atoms. The fourth-order valence-corrected chi connectivity index (χ4v) is 3.10. The lowest BCUT2D eigenvalue weighted by Gasteiger charge is -2.33. The first-order valence-corrected chi connectivity index (χ1v) is 8.43. The molecule has 0 bridgehead atoms. The van der Waals surface area contributed by atoms with E-state index in [1.807, 2.05) is 4.90 Å². The predicted octanol–water partition coefficient (Wildman–Crippen LogP) is 1.64. The monoisotopic (exact) mass is 358 g/mol. The molecule has 3 rings (SSSR count). The van der Waals surface area contributed by atoms with Crippen molar-refractivity contribution in [3.63, 3.8) is 0 Å². The van der Waals surface area contributed by atoms with Crippen molar-refractivity contribution in [1.29, 1.82) is 0 Å². The quantitative estimate of drug-likeness (QED) is 0.843. The fourth-order valence-electron chi connectivity index (χ4n) is 3.10. The topological polar surface area (TPSA) is 96.5 Å². The summed E-state index contributed by atoms with van der Waals surface area (Å²) in [6.45, 7) is 1.33. The number of H-pyrrole nitrogens is 1. The molecule has 0 spiro atoms. The van der Waals surface area contributed by atoms with Crippen LogP contribution in [0.3, 0.4) is 0 Å². The largest absolute Gasteiger partial charge is 0.497 e. The average Bonchev–Trinajstić information content (AvgIpc) is 2.68. The van der Waals surface area contributed by atoms with Crippen LogP contribution in [0.25, 0.3) is 0 Å². The van der Waals surface area contributed by atoms with E-state index in [1.54, 1.807) is 38.6 Å². The summed E-state index contributed by atoms with van der Waals surface area (Å²) in [4.78, 5) is 26.2. The van der Waals surface area contributed by atoms with Crippen LogP contribution < -0.4 is 25.2 Å². The van der Waals surface area contributed by atoms with Gasteiger partial charge < -0.3 is 19.7 Å². The number of aromatic nitrogens is 2. The number of amides is 1. The van der Waals surface area contributed by atoms with Crippen molar-refractivity contribution in [3.8, 4) is 11.5 Å². The third-order valence-corrected chi connectivity index (χ3v) is 4.47. The Labute approximate surface area is 151 Å². The lowest BCUT2D eigenvalue weighted by Crippen LogP contribution is -2.41. The Kier molecular flexibility index (Phi) is 5.40. The van der Waals surface area contributed by atoms with Crippen molar-refractivity contribution in [1.82, 2.24) is 10.2 Å². The van der Waals surface area contributed by atoms with Crippen molar-refractivity contribution >= 4 is 17.3 Å². The summed E-state index contributed by atoms with van der Waals surface area (Å²) < 4.78 is 10.5. The number of rotatable bonds is 5. The number of carbonyl (C=O) groups excluding carboxylic acids is 1. The number of methoxy groups -OCH3 is 2. The Morgan fingerprint density at radius 1 is 1.31 bits per heavy atom. The van der Waals surface area contributed by atoms with E-state index in [0.717, 1.165) is 25.1 Å². The van der Waals surface area contributed by atoms with Crippen LogP contribution in [0.5, 0.6) is 11.5 Å². The van der Waals surface area contributed by atoms with Gasteiger partial charge in [0.2, 0.25) is 5.91 Å². The van der Waals surface area contributed by atoms with Crippen molar-refractivity contribution in [3.05, 3.63) is 40.8 Å². The van der Waals surface area contributed by atoms with Crippen molar-refractivity contribution in [2.24, 2.45) is 5.92 Å². The molecule has 2 heterocycles. The van der Waals surface area contributed by atoms with Gasteiger partial charge >= 0.3 is 0 Å². The summed E-state index contributed by atoms with van der Waals surface area (Å²) in [5.41, 5.74) is 1.08. The maximum Gasteiger partial charge on any atom is 0.266 e. The summed E-state index contributed by atoms with van der Waals surface area (Å²) >= 11 is 0. The molecule has 1 aliphatic heterocycles. The molecule has 1 aliphatic rings. The molecule has 8 nitrogen and oxygen atoms in total.